The van der Waals surface area contributed by atoms with Gasteiger partial charge in [-0.25, -0.2) is 0 Å². The molecule has 1 atom stereocenters. The number of hydrogen-bond acceptors (Lipinski definition) is 3. The Bertz CT molecular complexity index is 206. The molecule has 0 aromatic rings. The van der Waals surface area contributed by atoms with Gasteiger partial charge in [-0.1, -0.05) is 25.7 Å². The van der Waals surface area contributed by atoms with Crippen LogP contribution in [0.15, 0.2) is 0 Å². The Morgan fingerprint density at radius 2 is 1.94 bits per heavy atom. The summed E-state index contributed by atoms with van der Waals surface area (Å²) in [5.74, 6) is 0.742. The molecular formula is C14H27NO2. The Kier molecular flexibility index (Phi) is 5.26. The topological polar surface area (TPSA) is 41.5 Å². The third-order valence-electron chi connectivity index (χ3n) is 4.24. The van der Waals surface area contributed by atoms with Crippen LogP contribution < -0.4 is 5.32 Å². The van der Waals surface area contributed by atoms with Gasteiger partial charge in [0.15, 0.2) is 0 Å². The van der Waals surface area contributed by atoms with Crippen molar-refractivity contribution >= 4 is 0 Å². The standard InChI is InChI=1S/C14H27NO2/c16-14(7-3-1-2-4-8-14)12-15-9-5-13-6-10-17-11-13/h13,15-16H,1-12H2. The SMILES string of the molecule is OC1(CNCCC2CCOC2)CCCCCC1. The molecule has 3 nitrogen and oxygen atoms in total. The molecule has 0 spiro atoms. The molecule has 0 amide bonds. The minimum atomic E-state index is -0.428. The van der Waals surface area contributed by atoms with Crippen LogP contribution in [0.4, 0.5) is 0 Å². The van der Waals surface area contributed by atoms with Gasteiger partial charge in [-0.15, -0.1) is 0 Å². The van der Waals surface area contributed by atoms with Gasteiger partial charge in [0.05, 0.1) is 5.60 Å². The third kappa shape index (κ3) is 4.57. The summed E-state index contributed by atoms with van der Waals surface area (Å²) in [6.45, 7) is 3.68. The second-order valence-corrected chi connectivity index (χ2v) is 5.83. The maximum Gasteiger partial charge on any atom is 0.0771 e. The second-order valence-electron chi connectivity index (χ2n) is 5.83. The van der Waals surface area contributed by atoms with Gasteiger partial charge in [0.1, 0.15) is 0 Å². The first-order valence-corrected chi connectivity index (χ1v) is 7.29. The number of rotatable bonds is 5. The summed E-state index contributed by atoms with van der Waals surface area (Å²) in [7, 11) is 0. The van der Waals surface area contributed by atoms with Crippen molar-refractivity contribution in [3.05, 3.63) is 0 Å². The van der Waals surface area contributed by atoms with Crippen molar-refractivity contribution < 1.29 is 9.84 Å². The molecule has 100 valence electrons. The summed E-state index contributed by atoms with van der Waals surface area (Å²) in [4.78, 5) is 0. The van der Waals surface area contributed by atoms with Crippen molar-refractivity contribution in [2.45, 2.75) is 57.0 Å². The molecule has 2 rings (SSSR count). The average Bonchev–Trinajstić information content (AvgIpc) is 2.74. The molecule has 1 aliphatic heterocycles. The Balaban J connectivity index is 1.59. The fraction of sp³-hybridized carbons (Fsp3) is 1.00. The van der Waals surface area contributed by atoms with Gasteiger partial charge in [-0.2, -0.15) is 0 Å². The van der Waals surface area contributed by atoms with E-state index in [0.29, 0.717) is 0 Å². The first-order chi connectivity index (χ1) is 8.29. The Morgan fingerprint density at radius 3 is 2.59 bits per heavy atom. The van der Waals surface area contributed by atoms with E-state index < -0.39 is 5.60 Å². The van der Waals surface area contributed by atoms with Crippen molar-refractivity contribution in [3.63, 3.8) is 0 Å². The molecule has 2 aliphatic rings. The van der Waals surface area contributed by atoms with E-state index in [1.54, 1.807) is 0 Å². The molecule has 1 unspecified atom stereocenters. The zero-order valence-corrected chi connectivity index (χ0v) is 10.9. The first-order valence-electron chi connectivity index (χ1n) is 7.29. The highest BCUT2D eigenvalue weighted by atomic mass is 16.5. The fourth-order valence-corrected chi connectivity index (χ4v) is 3.00. The molecular weight excluding hydrogens is 214 g/mol. The van der Waals surface area contributed by atoms with E-state index in [1.165, 1.54) is 38.5 Å². The molecule has 3 heteroatoms. The van der Waals surface area contributed by atoms with Crippen LogP contribution in [-0.4, -0.2) is 37.0 Å². The molecule has 0 aromatic heterocycles. The molecule has 2 N–H and O–H groups in total. The van der Waals surface area contributed by atoms with Crippen LogP contribution in [0, 0.1) is 5.92 Å². The summed E-state index contributed by atoms with van der Waals surface area (Å²) in [5.41, 5.74) is -0.428. The fourth-order valence-electron chi connectivity index (χ4n) is 3.00. The van der Waals surface area contributed by atoms with Crippen LogP contribution in [-0.2, 0) is 4.74 Å². The Hall–Kier alpha value is -0.120. The lowest BCUT2D eigenvalue weighted by atomic mass is 9.94. The largest absolute Gasteiger partial charge is 0.389 e. The first kappa shape index (κ1) is 13.3. The normalized spacial score (nSPS) is 29.1. The molecule has 0 radical (unpaired) electrons. The van der Waals surface area contributed by atoms with Gasteiger partial charge in [0.25, 0.3) is 0 Å². The van der Waals surface area contributed by atoms with E-state index in [1.807, 2.05) is 0 Å². The minimum Gasteiger partial charge on any atom is -0.389 e. The maximum atomic E-state index is 10.5. The second kappa shape index (κ2) is 6.72. The highest BCUT2D eigenvalue weighted by Crippen LogP contribution is 2.26. The Labute approximate surface area is 105 Å². The smallest absolute Gasteiger partial charge is 0.0771 e. The molecule has 0 aromatic carbocycles. The van der Waals surface area contributed by atoms with Gasteiger partial charge in [0.2, 0.25) is 0 Å². The average molecular weight is 241 g/mol. The number of hydrogen-bond donors (Lipinski definition) is 2. The van der Waals surface area contributed by atoms with Crippen molar-refractivity contribution in [2.24, 2.45) is 5.92 Å². The van der Waals surface area contributed by atoms with Crippen LogP contribution in [0.2, 0.25) is 0 Å². The highest BCUT2D eigenvalue weighted by molar-refractivity contribution is 4.83. The molecule has 1 heterocycles. The summed E-state index contributed by atoms with van der Waals surface area (Å²) in [6, 6.07) is 0. The van der Waals surface area contributed by atoms with Gasteiger partial charge < -0.3 is 15.2 Å². The van der Waals surface area contributed by atoms with Crippen molar-refractivity contribution in [1.82, 2.24) is 5.32 Å². The van der Waals surface area contributed by atoms with E-state index in [4.69, 9.17) is 4.74 Å². The van der Waals surface area contributed by atoms with Crippen molar-refractivity contribution in [2.75, 3.05) is 26.3 Å². The summed E-state index contributed by atoms with van der Waals surface area (Å²) >= 11 is 0. The van der Waals surface area contributed by atoms with E-state index in [-0.39, 0.29) is 0 Å². The lowest BCUT2D eigenvalue weighted by molar-refractivity contribution is 0.0252. The number of nitrogens with one attached hydrogen (secondary N) is 1. The van der Waals surface area contributed by atoms with Crippen LogP contribution in [0.1, 0.15) is 51.4 Å². The molecule has 1 saturated heterocycles. The third-order valence-corrected chi connectivity index (χ3v) is 4.24. The van der Waals surface area contributed by atoms with E-state index in [0.717, 1.165) is 45.1 Å². The summed E-state index contributed by atoms with van der Waals surface area (Å²) < 4.78 is 5.36. The van der Waals surface area contributed by atoms with E-state index >= 15 is 0 Å². The van der Waals surface area contributed by atoms with Gasteiger partial charge in [0, 0.05) is 19.8 Å². The van der Waals surface area contributed by atoms with Gasteiger partial charge in [-0.05, 0) is 38.1 Å². The molecule has 0 bridgehead atoms. The summed E-state index contributed by atoms with van der Waals surface area (Å²) in [5, 5.41) is 13.9. The van der Waals surface area contributed by atoms with Gasteiger partial charge >= 0.3 is 0 Å². The molecule has 17 heavy (non-hydrogen) atoms. The van der Waals surface area contributed by atoms with Crippen LogP contribution in [0.3, 0.4) is 0 Å². The maximum absolute atomic E-state index is 10.5. The zero-order valence-electron chi connectivity index (χ0n) is 10.9. The summed E-state index contributed by atoms with van der Waals surface area (Å²) in [6.07, 6.45) is 9.33. The van der Waals surface area contributed by atoms with Crippen LogP contribution >= 0.6 is 0 Å². The predicted molar refractivity (Wildman–Crippen MR) is 69.1 cm³/mol. The lowest BCUT2D eigenvalue weighted by Gasteiger charge is -2.27. The number of ether oxygens (including phenoxy) is 1. The lowest BCUT2D eigenvalue weighted by Crippen LogP contribution is -2.40. The van der Waals surface area contributed by atoms with Gasteiger partial charge in [-0.3, -0.25) is 0 Å². The Morgan fingerprint density at radius 1 is 1.18 bits per heavy atom. The minimum absolute atomic E-state index is 0.428. The number of aliphatic hydroxyl groups is 1. The van der Waals surface area contributed by atoms with Crippen molar-refractivity contribution in [1.29, 1.82) is 0 Å². The van der Waals surface area contributed by atoms with Crippen LogP contribution in [0.25, 0.3) is 0 Å². The molecule has 1 saturated carbocycles. The van der Waals surface area contributed by atoms with E-state index in [9.17, 15) is 5.11 Å². The predicted octanol–water partition coefficient (Wildman–Crippen LogP) is 2.09. The molecule has 2 fully saturated rings. The molecule has 1 aliphatic carbocycles. The zero-order chi connectivity index (χ0) is 12.0. The monoisotopic (exact) mass is 241 g/mol. The van der Waals surface area contributed by atoms with E-state index in [2.05, 4.69) is 5.32 Å². The highest BCUT2D eigenvalue weighted by Gasteiger charge is 2.27. The van der Waals surface area contributed by atoms with Crippen molar-refractivity contribution in [3.8, 4) is 0 Å². The van der Waals surface area contributed by atoms with Crippen LogP contribution in [0.5, 0.6) is 0 Å². The quantitative estimate of drug-likeness (QED) is 0.572.